The molecule has 2 rings (SSSR count). The number of nitrogens with zero attached hydrogens (tertiary/aromatic N) is 2. The Kier molecular flexibility index (Phi) is 4.48. The highest BCUT2D eigenvalue weighted by Gasteiger charge is 2.25. The summed E-state index contributed by atoms with van der Waals surface area (Å²) >= 11 is 0. The number of anilines is 1. The summed E-state index contributed by atoms with van der Waals surface area (Å²) in [4.78, 5) is 12.9. The molecular weight excluding hydrogens is 245 g/mol. The zero-order valence-electron chi connectivity index (χ0n) is 10.6. The van der Waals surface area contributed by atoms with Crippen molar-refractivity contribution in [2.24, 2.45) is 0 Å². The normalized spacial score (nSPS) is 15.6. The molecule has 0 unspecified atom stereocenters. The smallest absolute Gasteiger partial charge is 0.151 e. The summed E-state index contributed by atoms with van der Waals surface area (Å²) in [7, 11) is 0. The fraction of sp³-hybridized carbons (Fsp3) is 0.429. The van der Waals surface area contributed by atoms with Crippen LogP contribution in [0.3, 0.4) is 0 Å². The van der Waals surface area contributed by atoms with Crippen molar-refractivity contribution in [3.05, 3.63) is 29.3 Å². The minimum absolute atomic E-state index is 0.271. The van der Waals surface area contributed by atoms with E-state index in [1.165, 1.54) is 0 Å². The standard InChI is InChI=1S/C14H16FN3O/c15-4-1-5-18-8-14(9-18)17-13-3-2-11(10-19)12(6-13)7-16/h2-3,6,10,14,17H,1,4-5,8-9H2. The Morgan fingerprint density at radius 3 is 2.95 bits per heavy atom. The van der Waals surface area contributed by atoms with E-state index in [-0.39, 0.29) is 6.67 Å². The average Bonchev–Trinajstić information content (AvgIpc) is 2.40. The molecule has 0 aromatic heterocycles. The summed E-state index contributed by atoms with van der Waals surface area (Å²) in [6, 6.07) is 7.47. The Bertz CT molecular complexity index is 492. The maximum Gasteiger partial charge on any atom is 0.151 e. The Morgan fingerprint density at radius 2 is 2.32 bits per heavy atom. The zero-order valence-corrected chi connectivity index (χ0v) is 10.6. The topological polar surface area (TPSA) is 56.1 Å². The van der Waals surface area contributed by atoms with Crippen LogP contribution in [-0.4, -0.2) is 43.5 Å². The number of aldehydes is 1. The second kappa shape index (κ2) is 6.30. The highest BCUT2D eigenvalue weighted by Crippen LogP contribution is 2.18. The summed E-state index contributed by atoms with van der Waals surface area (Å²) in [5.74, 6) is 0. The third-order valence-electron chi connectivity index (χ3n) is 3.24. The van der Waals surface area contributed by atoms with E-state index in [1.807, 2.05) is 6.07 Å². The van der Waals surface area contributed by atoms with Crippen molar-refractivity contribution in [3.8, 4) is 6.07 Å². The first kappa shape index (κ1) is 13.5. The molecule has 1 aliphatic rings. The predicted molar refractivity (Wildman–Crippen MR) is 71.0 cm³/mol. The molecule has 0 atom stereocenters. The lowest BCUT2D eigenvalue weighted by Gasteiger charge is -2.40. The van der Waals surface area contributed by atoms with Crippen molar-refractivity contribution in [3.63, 3.8) is 0 Å². The first-order chi connectivity index (χ1) is 9.26. The minimum atomic E-state index is -0.271. The number of nitrogens with one attached hydrogen (secondary N) is 1. The molecular formula is C14H16FN3O. The summed E-state index contributed by atoms with van der Waals surface area (Å²) in [6.45, 7) is 2.30. The Hall–Kier alpha value is -1.93. The molecule has 1 aromatic rings. The van der Waals surface area contributed by atoms with E-state index in [4.69, 9.17) is 5.26 Å². The Labute approximate surface area is 111 Å². The molecule has 0 radical (unpaired) electrons. The number of alkyl halides is 1. The maximum atomic E-state index is 12.0. The van der Waals surface area contributed by atoms with Crippen LogP contribution in [0.25, 0.3) is 0 Å². The van der Waals surface area contributed by atoms with Crippen LogP contribution in [0.15, 0.2) is 18.2 Å². The van der Waals surface area contributed by atoms with Crippen LogP contribution in [0.5, 0.6) is 0 Å². The summed E-state index contributed by atoms with van der Waals surface area (Å²) in [6.07, 6.45) is 1.27. The van der Waals surface area contributed by atoms with Crippen LogP contribution in [-0.2, 0) is 0 Å². The van der Waals surface area contributed by atoms with E-state index >= 15 is 0 Å². The number of carbonyl (C=O) groups excluding carboxylic acids is 1. The quantitative estimate of drug-likeness (QED) is 0.794. The van der Waals surface area contributed by atoms with Gasteiger partial charge in [0.2, 0.25) is 0 Å². The molecule has 19 heavy (non-hydrogen) atoms. The predicted octanol–water partition coefficient (Wildman–Crippen LogP) is 1.83. The molecule has 0 spiro atoms. The van der Waals surface area contributed by atoms with Gasteiger partial charge in [0.05, 0.1) is 24.3 Å². The lowest BCUT2D eigenvalue weighted by molar-refractivity contribution is 0.112. The summed E-state index contributed by atoms with van der Waals surface area (Å²) in [5.41, 5.74) is 1.64. The van der Waals surface area contributed by atoms with Gasteiger partial charge in [-0.05, 0) is 24.6 Å². The van der Waals surface area contributed by atoms with Crippen LogP contribution >= 0.6 is 0 Å². The molecule has 1 aromatic carbocycles. The monoisotopic (exact) mass is 261 g/mol. The van der Waals surface area contributed by atoms with E-state index in [2.05, 4.69) is 10.2 Å². The Morgan fingerprint density at radius 1 is 1.53 bits per heavy atom. The van der Waals surface area contributed by atoms with E-state index in [1.54, 1.807) is 18.2 Å². The minimum Gasteiger partial charge on any atom is -0.380 e. The lowest BCUT2D eigenvalue weighted by Crippen LogP contribution is -2.54. The number of benzene rings is 1. The number of halogens is 1. The average molecular weight is 261 g/mol. The molecule has 0 aliphatic carbocycles. The summed E-state index contributed by atoms with van der Waals surface area (Å²) < 4.78 is 12.0. The molecule has 1 heterocycles. The molecule has 1 aliphatic heterocycles. The lowest BCUT2D eigenvalue weighted by atomic mass is 10.1. The van der Waals surface area contributed by atoms with Gasteiger partial charge in [0.1, 0.15) is 0 Å². The van der Waals surface area contributed by atoms with Crippen LogP contribution in [0.4, 0.5) is 10.1 Å². The molecule has 5 heteroatoms. The van der Waals surface area contributed by atoms with Gasteiger partial charge in [0.15, 0.2) is 6.29 Å². The van der Waals surface area contributed by atoms with E-state index in [0.717, 1.165) is 25.3 Å². The third kappa shape index (κ3) is 3.30. The largest absolute Gasteiger partial charge is 0.380 e. The molecule has 1 N–H and O–H groups in total. The van der Waals surface area contributed by atoms with Crippen LogP contribution in [0, 0.1) is 11.3 Å². The molecule has 0 bridgehead atoms. The van der Waals surface area contributed by atoms with E-state index < -0.39 is 0 Å². The zero-order chi connectivity index (χ0) is 13.7. The van der Waals surface area contributed by atoms with Gasteiger partial charge < -0.3 is 5.32 Å². The summed E-state index contributed by atoms with van der Waals surface area (Å²) in [5, 5.41) is 12.2. The number of carbonyl (C=O) groups is 1. The first-order valence-electron chi connectivity index (χ1n) is 6.31. The van der Waals surface area contributed by atoms with Crippen molar-refractivity contribution in [1.29, 1.82) is 5.26 Å². The fourth-order valence-corrected chi connectivity index (χ4v) is 2.21. The van der Waals surface area contributed by atoms with Crippen molar-refractivity contribution in [2.45, 2.75) is 12.5 Å². The van der Waals surface area contributed by atoms with Crippen molar-refractivity contribution in [2.75, 3.05) is 31.6 Å². The second-order valence-corrected chi connectivity index (χ2v) is 4.68. The first-order valence-corrected chi connectivity index (χ1v) is 6.31. The van der Waals surface area contributed by atoms with Gasteiger partial charge in [-0.3, -0.25) is 14.1 Å². The van der Waals surface area contributed by atoms with Crippen LogP contribution < -0.4 is 5.32 Å². The fourth-order valence-electron chi connectivity index (χ4n) is 2.21. The molecule has 1 saturated heterocycles. The SMILES string of the molecule is N#Cc1cc(NC2CN(CCCF)C2)ccc1C=O. The maximum absolute atomic E-state index is 12.0. The van der Waals surface area contributed by atoms with Gasteiger partial charge in [0.25, 0.3) is 0 Å². The molecule has 4 nitrogen and oxygen atoms in total. The number of rotatable bonds is 6. The van der Waals surface area contributed by atoms with Crippen molar-refractivity contribution < 1.29 is 9.18 Å². The van der Waals surface area contributed by atoms with Crippen LogP contribution in [0.2, 0.25) is 0 Å². The van der Waals surface area contributed by atoms with Gasteiger partial charge in [-0.1, -0.05) is 0 Å². The van der Waals surface area contributed by atoms with Crippen LogP contribution in [0.1, 0.15) is 22.3 Å². The number of hydrogen-bond acceptors (Lipinski definition) is 4. The molecule has 0 saturated carbocycles. The van der Waals surface area contributed by atoms with Gasteiger partial charge in [-0.2, -0.15) is 5.26 Å². The molecule has 100 valence electrons. The number of nitriles is 1. The third-order valence-corrected chi connectivity index (χ3v) is 3.24. The van der Waals surface area contributed by atoms with Crippen molar-refractivity contribution >= 4 is 12.0 Å². The highest BCUT2D eigenvalue weighted by atomic mass is 19.1. The van der Waals surface area contributed by atoms with Gasteiger partial charge in [-0.25, -0.2) is 0 Å². The second-order valence-electron chi connectivity index (χ2n) is 4.68. The van der Waals surface area contributed by atoms with Gasteiger partial charge >= 0.3 is 0 Å². The molecule has 0 amide bonds. The number of likely N-dealkylation sites (tertiary alicyclic amines) is 1. The van der Waals surface area contributed by atoms with Crippen molar-refractivity contribution in [1.82, 2.24) is 4.90 Å². The molecule has 1 fully saturated rings. The van der Waals surface area contributed by atoms with Gasteiger partial charge in [0, 0.05) is 30.9 Å². The van der Waals surface area contributed by atoms with E-state index in [9.17, 15) is 9.18 Å². The highest BCUT2D eigenvalue weighted by molar-refractivity contribution is 5.80. The number of hydrogen-bond donors (Lipinski definition) is 1. The van der Waals surface area contributed by atoms with Gasteiger partial charge in [-0.15, -0.1) is 0 Å². The Balaban J connectivity index is 1.88. The van der Waals surface area contributed by atoms with E-state index in [0.29, 0.717) is 29.9 Å².